The Bertz CT molecular complexity index is 679. The van der Waals surface area contributed by atoms with E-state index in [4.69, 9.17) is 10.5 Å². The van der Waals surface area contributed by atoms with Crippen molar-refractivity contribution in [2.45, 2.75) is 32.4 Å². The van der Waals surface area contributed by atoms with Crippen molar-refractivity contribution in [2.24, 2.45) is 5.92 Å². The van der Waals surface area contributed by atoms with Crippen LogP contribution < -0.4 is 10.5 Å². The lowest BCUT2D eigenvalue weighted by Crippen LogP contribution is -2.11. The van der Waals surface area contributed by atoms with Crippen LogP contribution in [0, 0.1) is 5.92 Å². The van der Waals surface area contributed by atoms with Crippen molar-refractivity contribution < 1.29 is 9.84 Å². The molecule has 0 radical (unpaired) electrons. The fraction of sp³-hybridized carbons (Fsp3) is 0.500. The molecule has 1 aliphatic carbocycles. The summed E-state index contributed by atoms with van der Waals surface area (Å²) in [5.74, 6) is 0.755. The molecule has 7 heteroatoms. The van der Waals surface area contributed by atoms with E-state index in [1.165, 1.54) is 0 Å². The second-order valence-corrected chi connectivity index (χ2v) is 5.51. The third-order valence-corrected chi connectivity index (χ3v) is 3.50. The van der Waals surface area contributed by atoms with Gasteiger partial charge in [0.25, 0.3) is 0 Å². The Morgan fingerprint density at radius 2 is 2.24 bits per heavy atom. The Morgan fingerprint density at radius 1 is 1.43 bits per heavy atom. The summed E-state index contributed by atoms with van der Waals surface area (Å²) in [4.78, 5) is 12.8. The first kappa shape index (κ1) is 13.8. The van der Waals surface area contributed by atoms with Crippen molar-refractivity contribution in [1.82, 2.24) is 19.5 Å². The van der Waals surface area contributed by atoms with Gasteiger partial charge >= 0.3 is 0 Å². The topological polar surface area (TPSA) is 99.1 Å². The first-order chi connectivity index (χ1) is 10.1. The Morgan fingerprint density at radius 3 is 2.90 bits per heavy atom. The second kappa shape index (κ2) is 5.33. The van der Waals surface area contributed by atoms with Crippen LogP contribution in [0.2, 0.25) is 0 Å². The number of aliphatic hydroxyl groups is 1. The summed E-state index contributed by atoms with van der Waals surface area (Å²) in [7, 11) is 0. The van der Waals surface area contributed by atoms with Crippen molar-refractivity contribution in [3.05, 3.63) is 18.5 Å². The summed E-state index contributed by atoms with van der Waals surface area (Å²) >= 11 is 0. The fourth-order valence-corrected chi connectivity index (χ4v) is 2.55. The molecule has 0 saturated carbocycles. The van der Waals surface area contributed by atoms with E-state index in [0.29, 0.717) is 17.0 Å². The van der Waals surface area contributed by atoms with Gasteiger partial charge in [0.1, 0.15) is 0 Å². The van der Waals surface area contributed by atoms with Crippen LogP contribution >= 0.6 is 0 Å². The Hall–Kier alpha value is -2.15. The van der Waals surface area contributed by atoms with E-state index >= 15 is 0 Å². The molecule has 0 aromatic carbocycles. The van der Waals surface area contributed by atoms with Gasteiger partial charge in [-0.1, -0.05) is 12.2 Å². The van der Waals surface area contributed by atoms with Crippen LogP contribution in [0.5, 0.6) is 5.88 Å². The highest BCUT2D eigenvalue weighted by Crippen LogP contribution is 2.31. The highest BCUT2D eigenvalue weighted by Gasteiger charge is 2.23. The Kier molecular flexibility index (Phi) is 3.50. The maximum Gasteiger partial charge on any atom is 0.247 e. The van der Waals surface area contributed by atoms with E-state index in [-0.39, 0.29) is 30.6 Å². The van der Waals surface area contributed by atoms with Gasteiger partial charge in [0.15, 0.2) is 11.2 Å². The molecule has 2 heterocycles. The van der Waals surface area contributed by atoms with Gasteiger partial charge in [0.05, 0.1) is 18.5 Å². The molecule has 2 aromatic rings. The number of fused-ring (bicyclic) bond motifs is 1. The van der Waals surface area contributed by atoms with Gasteiger partial charge in [-0.3, -0.25) is 0 Å². The first-order valence-corrected chi connectivity index (χ1v) is 7.04. The SMILES string of the molecule is CC(C)Oc1nc(N)nc2c1ncn2[C@@H]1C=C[C@H](CO)C1. The normalized spacial score (nSPS) is 21.5. The van der Waals surface area contributed by atoms with E-state index in [1.54, 1.807) is 6.33 Å². The van der Waals surface area contributed by atoms with Crippen LogP contribution in [-0.2, 0) is 0 Å². The Labute approximate surface area is 122 Å². The van der Waals surface area contributed by atoms with Gasteiger partial charge in [-0.15, -0.1) is 0 Å². The van der Waals surface area contributed by atoms with Crippen LogP contribution in [0.4, 0.5) is 5.95 Å². The summed E-state index contributed by atoms with van der Waals surface area (Å²) in [6, 6.07) is 0.119. The quantitative estimate of drug-likeness (QED) is 0.823. The van der Waals surface area contributed by atoms with Crippen LogP contribution in [-0.4, -0.2) is 37.3 Å². The predicted molar refractivity (Wildman–Crippen MR) is 78.9 cm³/mol. The molecule has 0 spiro atoms. The molecule has 112 valence electrons. The molecule has 3 rings (SSSR count). The van der Waals surface area contributed by atoms with Crippen molar-refractivity contribution >= 4 is 17.1 Å². The molecule has 0 unspecified atom stereocenters. The van der Waals surface area contributed by atoms with Crippen molar-refractivity contribution in [3.63, 3.8) is 0 Å². The zero-order valence-electron chi connectivity index (χ0n) is 12.1. The number of nitrogens with two attached hydrogens (primary N) is 1. The third kappa shape index (κ3) is 2.56. The molecule has 1 aliphatic rings. The lowest BCUT2D eigenvalue weighted by atomic mass is 10.1. The van der Waals surface area contributed by atoms with Crippen LogP contribution in [0.25, 0.3) is 11.2 Å². The molecule has 2 aromatic heterocycles. The largest absolute Gasteiger partial charge is 0.473 e. The third-order valence-electron chi connectivity index (χ3n) is 3.50. The van der Waals surface area contributed by atoms with Gasteiger partial charge < -0.3 is 20.1 Å². The number of anilines is 1. The van der Waals surface area contributed by atoms with Crippen LogP contribution in [0.1, 0.15) is 26.3 Å². The Balaban J connectivity index is 2.02. The minimum atomic E-state index is -0.0159. The average Bonchev–Trinajstić information content (AvgIpc) is 3.03. The zero-order chi connectivity index (χ0) is 15.0. The van der Waals surface area contributed by atoms with Crippen LogP contribution in [0.15, 0.2) is 18.5 Å². The minimum absolute atomic E-state index is 0.0159. The molecule has 0 bridgehead atoms. The zero-order valence-corrected chi connectivity index (χ0v) is 12.1. The molecular weight excluding hydrogens is 270 g/mol. The molecule has 2 atom stereocenters. The maximum absolute atomic E-state index is 9.24. The molecule has 0 saturated heterocycles. The number of ether oxygens (including phenoxy) is 1. The van der Waals surface area contributed by atoms with Gasteiger partial charge in [0, 0.05) is 12.5 Å². The van der Waals surface area contributed by atoms with Crippen LogP contribution in [0.3, 0.4) is 0 Å². The van der Waals surface area contributed by atoms with E-state index in [1.807, 2.05) is 24.5 Å². The smallest absolute Gasteiger partial charge is 0.247 e. The minimum Gasteiger partial charge on any atom is -0.473 e. The summed E-state index contributed by atoms with van der Waals surface area (Å²) in [5.41, 5.74) is 7.05. The number of nitrogen functional groups attached to an aromatic ring is 1. The lowest BCUT2D eigenvalue weighted by Gasteiger charge is -2.13. The summed E-state index contributed by atoms with van der Waals surface area (Å²) in [5, 5.41) is 9.24. The van der Waals surface area contributed by atoms with Crippen molar-refractivity contribution in [2.75, 3.05) is 12.3 Å². The highest BCUT2D eigenvalue weighted by atomic mass is 16.5. The van der Waals surface area contributed by atoms with Gasteiger partial charge in [-0.2, -0.15) is 9.97 Å². The number of hydrogen-bond acceptors (Lipinski definition) is 6. The molecule has 21 heavy (non-hydrogen) atoms. The maximum atomic E-state index is 9.24. The molecular formula is C14H19N5O2. The molecule has 3 N–H and O–H groups in total. The van der Waals surface area contributed by atoms with E-state index in [2.05, 4.69) is 21.0 Å². The average molecular weight is 289 g/mol. The number of allylic oxidation sites excluding steroid dienone is 1. The number of rotatable bonds is 4. The van der Waals surface area contributed by atoms with Crippen molar-refractivity contribution in [1.29, 1.82) is 0 Å². The second-order valence-electron chi connectivity index (χ2n) is 5.51. The summed E-state index contributed by atoms with van der Waals surface area (Å²) in [6.45, 7) is 4.00. The predicted octanol–water partition coefficient (Wildman–Crippen LogP) is 1.31. The van der Waals surface area contributed by atoms with Gasteiger partial charge in [-0.25, -0.2) is 4.98 Å². The number of hydrogen-bond donors (Lipinski definition) is 2. The summed E-state index contributed by atoms with van der Waals surface area (Å²) < 4.78 is 7.61. The molecule has 0 fully saturated rings. The number of aliphatic hydroxyl groups excluding tert-OH is 1. The highest BCUT2D eigenvalue weighted by molar-refractivity contribution is 5.77. The number of aromatic nitrogens is 4. The molecule has 0 aliphatic heterocycles. The van der Waals surface area contributed by atoms with E-state index in [0.717, 1.165) is 6.42 Å². The number of nitrogens with zero attached hydrogens (tertiary/aromatic N) is 4. The standard InChI is InChI=1S/C14H19N5O2/c1-8(2)21-13-11-12(17-14(15)18-13)19(7-16-11)10-4-3-9(5-10)6-20/h3-4,7-10,20H,5-6H2,1-2H3,(H2,15,17,18)/t9-,10+/m0/s1. The fourth-order valence-electron chi connectivity index (χ4n) is 2.55. The van der Waals surface area contributed by atoms with Crippen molar-refractivity contribution in [3.8, 4) is 5.88 Å². The van der Waals surface area contributed by atoms with E-state index in [9.17, 15) is 5.11 Å². The monoisotopic (exact) mass is 289 g/mol. The van der Waals surface area contributed by atoms with Gasteiger partial charge in [0.2, 0.25) is 11.8 Å². The van der Waals surface area contributed by atoms with E-state index < -0.39 is 0 Å². The lowest BCUT2D eigenvalue weighted by molar-refractivity contribution is 0.235. The van der Waals surface area contributed by atoms with Gasteiger partial charge in [-0.05, 0) is 20.3 Å². The molecule has 7 nitrogen and oxygen atoms in total. The first-order valence-electron chi connectivity index (χ1n) is 7.04. The number of imidazole rings is 1. The molecule has 0 amide bonds. The summed E-state index contributed by atoms with van der Waals surface area (Å²) in [6.07, 6.45) is 6.61.